The van der Waals surface area contributed by atoms with Crippen LogP contribution in [0.15, 0.2) is 67.3 Å². The quantitative estimate of drug-likeness (QED) is 0.0175. The fraction of sp³-hybridized carbons (Fsp3) is 0.612. The van der Waals surface area contributed by atoms with E-state index in [0.717, 1.165) is 0 Å². The lowest BCUT2D eigenvalue weighted by Crippen LogP contribution is -2.59. The van der Waals surface area contributed by atoms with E-state index >= 15 is 0 Å². The molecule has 2 aromatic heterocycles. The molecule has 19 N–H and O–H groups in total. The van der Waals surface area contributed by atoms with Gasteiger partial charge in [-0.3, -0.25) is 96.3 Å². The summed E-state index contributed by atoms with van der Waals surface area (Å²) < 4.78 is 10.4. The number of fused-ring (bicyclic) bond motifs is 1. The van der Waals surface area contributed by atoms with Crippen LogP contribution in [0.1, 0.15) is 139 Å². The summed E-state index contributed by atoms with van der Waals surface area (Å²) in [5, 5.41) is 86.8. The zero-order valence-corrected chi connectivity index (χ0v) is 73.0. The Balaban J connectivity index is 1.15. The van der Waals surface area contributed by atoms with E-state index in [2.05, 4.69) is 46.9 Å². The number of aromatic amines is 2. The first kappa shape index (κ1) is 104. The minimum atomic E-state index is -1.83. The van der Waals surface area contributed by atoms with Crippen molar-refractivity contribution < 1.29 is 122 Å². The monoisotopic (exact) mass is 1790 g/mol. The Kier molecular flexibility index (Phi) is 44.2. The smallest absolute Gasteiger partial charge is 0.317 e. The van der Waals surface area contributed by atoms with Crippen molar-refractivity contribution in [1.29, 1.82) is 0 Å². The van der Waals surface area contributed by atoms with Crippen molar-refractivity contribution in [2.45, 2.75) is 192 Å². The number of amides is 8. The molecule has 0 radical (unpaired) electrons. The van der Waals surface area contributed by atoms with Crippen molar-refractivity contribution in [2.75, 3.05) is 110 Å². The summed E-state index contributed by atoms with van der Waals surface area (Å²) >= 11 is 1.47. The zero-order chi connectivity index (χ0) is 92.9. The zero-order valence-electron chi connectivity index (χ0n) is 72.2. The summed E-state index contributed by atoms with van der Waals surface area (Å²) in [6, 6.07) is 7.10. The van der Waals surface area contributed by atoms with Crippen LogP contribution >= 0.6 is 11.8 Å². The molecule has 6 rings (SSSR count). The number of hydrogen-bond acceptors (Lipinski definition) is 28. The van der Waals surface area contributed by atoms with Crippen LogP contribution in [0.3, 0.4) is 0 Å². The number of primary amides is 2. The van der Waals surface area contributed by atoms with Gasteiger partial charge in [-0.2, -0.15) is 11.8 Å². The fourth-order valence-corrected chi connectivity index (χ4v) is 15.4. The lowest BCUT2D eigenvalue weighted by atomic mass is 9.88. The molecule has 41 heteroatoms. The second-order valence-electron chi connectivity index (χ2n) is 33.0. The van der Waals surface area contributed by atoms with E-state index in [4.69, 9.17) is 20.9 Å². The molecule has 40 nitrogen and oxygen atoms in total. The molecule has 8 amide bonds. The van der Waals surface area contributed by atoms with Gasteiger partial charge in [-0.1, -0.05) is 77.1 Å². The number of benzene rings is 2. The van der Waals surface area contributed by atoms with Gasteiger partial charge in [0.15, 0.2) is 35.2 Å². The summed E-state index contributed by atoms with van der Waals surface area (Å²) in [4.78, 5) is 233. The normalized spacial score (nSPS) is 18.9. The maximum Gasteiger partial charge on any atom is 0.317 e. The highest BCUT2D eigenvalue weighted by molar-refractivity contribution is 7.98. The molecule has 2 aromatic carbocycles. The van der Waals surface area contributed by atoms with Crippen LogP contribution in [0.25, 0.3) is 10.9 Å². The minimum absolute atomic E-state index is 0.00291. The summed E-state index contributed by atoms with van der Waals surface area (Å²) in [6.45, 7) is 6.35. The van der Waals surface area contributed by atoms with E-state index in [1.165, 1.54) is 55.5 Å². The van der Waals surface area contributed by atoms with Crippen LogP contribution in [0.5, 0.6) is 0 Å². The molecule has 0 aliphatic carbocycles. The molecule has 2 aliphatic rings. The fourth-order valence-electron chi connectivity index (χ4n) is 14.9. The number of aliphatic hydroxyl groups excluding tert-OH is 4. The molecule has 2 saturated heterocycles. The molecule has 13 atom stereocenters. The van der Waals surface area contributed by atoms with Crippen molar-refractivity contribution >= 4 is 117 Å². The van der Waals surface area contributed by atoms with Crippen LogP contribution < -0.4 is 43.4 Å². The topological polar surface area (TPSA) is 615 Å². The third-order valence-electron chi connectivity index (χ3n) is 22.0. The first-order chi connectivity index (χ1) is 59.8. The van der Waals surface area contributed by atoms with Crippen LogP contribution in [-0.2, 0) is 101 Å². The van der Waals surface area contributed by atoms with E-state index in [1.54, 1.807) is 63.9 Å². The number of carboxylic acids is 3. The number of nitrogens with one attached hydrogen (secondary N) is 8. The van der Waals surface area contributed by atoms with E-state index in [0.29, 0.717) is 33.5 Å². The number of rotatable bonds is 55. The number of unbranched alkanes of at least 4 members (excludes halogenated alkanes) is 1. The number of para-hydroxylation sites is 1. The first-order valence-electron chi connectivity index (χ1n) is 42.4. The van der Waals surface area contributed by atoms with Crippen molar-refractivity contribution in [3.05, 3.63) is 89.6 Å². The summed E-state index contributed by atoms with van der Waals surface area (Å²) in [6.07, 6.45) is -3.89. The van der Waals surface area contributed by atoms with Crippen molar-refractivity contribution in [3.63, 3.8) is 0 Å². The number of nitrogens with two attached hydrogens (primary N) is 2. The second-order valence-corrected chi connectivity index (χ2v) is 33.9. The number of ketones is 5. The van der Waals surface area contributed by atoms with Gasteiger partial charge in [0.05, 0.1) is 63.3 Å². The van der Waals surface area contributed by atoms with Crippen LogP contribution in [-0.4, -0.2) is 336 Å². The highest BCUT2D eigenvalue weighted by Crippen LogP contribution is 2.27. The van der Waals surface area contributed by atoms with Crippen molar-refractivity contribution in [3.8, 4) is 0 Å². The SMILES string of the molecule is CSCC[C@H](NC(=O)[C@@H](CC(=O)[C@H](Cc1cnc[nH]1)NC(=O)CCC(=O)[C@@H](NC(=O)[C@H](C)CC(=O)[C@H](Cc1c[nH]c2ccccc12)NC(=O)[C@H](CCC(N)=O)CC(=O)c1ccc(CC(=O)[C@H](CCCCNC(=O)CO[C@@H]2[C@@H](O)[C@@H](O)O[C@H](CO)[C@H]2O)NC(=O)CN2CCN(CC(=O)O)CCN(CC(=O)O)CCN(CC(=O)O)CC2)cc1)C(C)C)CC(C)C)C(N)=O. The van der Waals surface area contributed by atoms with Gasteiger partial charge in [-0.25, -0.2) is 4.98 Å². The molecular weight excluding hydrogens is 1660 g/mol. The molecule has 2 aliphatic heterocycles. The Hall–Kier alpha value is -10.3. The van der Waals surface area contributed by atoms with E-state index < -0.39 is 231 Å². The Labute approximate surface area is 734 Å². The summed E-state index contributed by atoms with van der Waals surface area (Å²) in [7, 11) is 0. The number of carbonyl (C=O) groups is 16. The number of ether oxygens (including phenoxy) is 2. The molecule has 4 aromatic rings. The second kappa shape index (κ2) is 53.3. The number of aromatic nitrogens is 3. The number of carbonyl (C=O) groups excluding carboxylic acids is 13. The predicted octanol–water partition coefficient (Wildman–Crippen LogP) is -1.59. The Morgan fingerprint density at radius 2 is 1.17 bits per heavy atom. The molecule has 0 spiro atoms. The highest BCUT2D eigenvalue weighted by atomic mass is 32.2. The molecule has 126 heavy (non-hydrogen) atoms. The van der Waals surface area contributed by atoms with Gasteiger partial charge in [-0.05, 0) is 79.6 Å². The number of carboxylic acid groups (broad SMARTS) is 3. The average molecular weight is 1790 g/mol. The number of imidazole rings is 1. The largest absolute Gasteiger partial charge is 0.480 e. The number of nitrogens with zero attached hydrogens (tertiary/aromatic N) is 5. The Morgan fingerprint density at radius 1 is 0.587 bits per heavy atom. The Bertz CT molecular complexity index is 4270. The van der Waals surface area contributed by atoms with E-state index in [9.17, 15) is 112 Å². The van der Waals surface area contributed by atoms with Gasteiger partial charge in [0.25, 0.3) is 0 Å². The molecule has 0 saturated carbocycles. The number of Topliss-reactive ketones (excluding diaryl/α,β-unsaturated/α-hetero) is 5. The average Bonchev–Trinajstić information content (AvgIpc) is 1.16. The van der Waals surface area contributed by atoms with Gasteiger partial charge in [-0.15, -0.1) is 0 Å². The number of H-pyrrole nitrogens is 2. The third-order valence-corrected chi connectivity index (χ3v) is 22.6. The third kappa shape index (κ3) is 36.2. The lowest BCUT2D eigenvalue weighted by molar-refractivity contribution is -0.293. The van der Waals surface area contributed by atoms with Crippen molar-refractivity contribution in [2.24, 2.45) is 41.1 Å². The lowest BCUT2D eigenvalue weighted by Gasteiger charge is -2.39. The Morgan fingerprint density at radius 3 is 1.73 bits per heavy atom. The maximum atomic E-state index is 14.8. The molecule has 0 unspecified atom stereocenters. The minimum Gasteiger partial charge on any atom is -0.480 e. The van der Waals surface area contributed by atoms with Crippen LogP contribution in [0, 0.1) is 29.6 Å². The first-order valence-corrected chi connectivity index (χ1v) is 43.8. The van der Waals surface area contributed by atoms with E-state index in [1.807, 2.05) is 20.1 Å². The van der Waals surface area contributed by atoms with Gasteiger partial charge in [0.2, 0.25) is 47.3 Å². The molecule has 2 fully saturated rings. The van der Waals surface area contributed by atoms with Crippen LogP contribution in [0.2, 0.25) is 0 Å². The van der Waals surface area contributed by atoms with Gasteiger partial charge < -0.3 is 98.6 Å². The van der Waals surface area contributed by atoms with Gasteiger partial charge in [0.1, 0.15) is 37.1 Å². The van der Waals surface area contributed by atoms with Gasteiger partial charge >= 0.3 is 17.9 Å². The maximum absolute atomic E-state index is 14.8. The summed E-state index contributed by atoms with van der Waals surface area (Å²) in [5.74, 6) is -15.2. The molecule has 696 valence electrons. The molecular formula is C85H125N15O25S. The van der Waals surface area contributed by atoms with Gasteiger partial charge in [0, 0.05) is 169 Å². The summed E-state index contributed by atoms with van der Waals surface area (Å²) in [5.41, 5.74) is 13.5. The van der Waals surface area contributed by atoms with Crippen molar-refractivity contribution in [1.82, 2.24) is 66.5 Å². The number of hydrogen-bond donors (Lipinski definition) is 17. The highest BCUT2D eigenvalue weighted by Gasteiger charge is 2.45. The van der Waals surface area contributed by atoms with Crippen LogP contribution in [0.4, 0.5) is 0 Å². The van der Waals surface area contributed by atoms with E-state index in [-0.39, 0.29) is 154 Å². The standard InChI is InChI=1S/C85H125N15O25S/c1-49(2)33-55(84(122)94-61(81(87)119)22-32-126-6)38-68(106)63(39-57-41-88-48-91-57)93-71(108)21-19-64(102)77(50(3)4)96-82(120)51(5)34-66(104)62(36-56-40-90-59-12-8-7-11-58(56)59)95-83(121)54(18-20-70(86)107)37-65(103)53-16-14-52(15-17-53)35-67(105)60(13-9-10-23-89-73(110)47-124-80-78(117)69(46-101)125-85(123)79(80)118)92-72(109)42-97-24-26-98(43-74(111)112)28-30-100(45-76(115)116)31-29-99(27-25-97)44-75(113)114/h7-8,11-12,14-17,40-41,48-51,54-55,60-63,69,77-80,85,90,101,117-118,123H,9-10,13,18-39,42-47H2,1-6H3,(H2,86,107)(H2,87,119)(H,88,91)(H,89,110)(H,92,109)(H,93,108)(H,94,122)(H,95,121)(H,96,120)(H,111,112)(H,113,114)(H,115,116)/t51-,54-,55-,60+,61+,62+,63+,69-,77+,78-,79-,80+,85+/m1/s1. The molecule has 4 heterocycles. The number of aliphatic carboxylic acids is 3. The predicted molar refractivity (Wildman–Crippen MR) is 458 cm³/mol. The number of thioether (sulfide) groups is 1. The number of aliphatic hydroxyl groups is 4. The molecule has 0 bridgehead atoms.